The highest BCUT2D eigenvalue weighted by molar-refractivity contribution is 7.89. The molecule has 8 nitrogen and oxygen atoms in total. The van der Waals surface area contributed by atoms with Crippen molar-refractivity contribution in [1.82, 2.24) is 13.7 Å². The lowest BCUT2D eigenvalue weighted by Crippen LogP contribution is -2.49. The van der Waals surface area contributed by atoms with Crippen LogP contribution in [0.25, 0.3) is 16.7 Å². The number of aromatic nitrogens is 2. The van der Waals surface area contributed by atoms with Gasteiger partial charge in [0.2, 0.25) is 10.0 Å². The molecule has 0 unspecified atom stereocenters. The second-order valence-electron chi connectivity index (χ2n) is 8.23. The van der Waals surface area contributed by atoms with Crippen molar-refractivity contribution in [2.45, 2.75) is 18.7 Å². The summed E-state index contributed by atoms with van der Waals surface area (Å²) < 4.78 is 35.4. The SMILES string of the molecule is CCOc1ccc(S(=O)(=O)N2CCN(c3cc(C)c(C#N)c4nc5ccccc5n34)CC2)cc1. The Balaban J connectivity index is 1.45. The van der Waals surface area contributed by atoms with Crippen LogP contribution >= 0.6 is 0 Å². The summed E-state index contributed by atoms with van der Waals surface area (Å²) in [5.41, 5.74) is 3.78. The van der Waals surface area contributed by atoms with Crippen LogP contribution in [0.2, 0.25) is 0 Å². The predicted molar refractivity (Wildman–Crippen MR) is 131 cm³/mol. The number of benzene rings is 2. The second kappa shape index (κ2) is 8.63. The highest BCUT2D eigenvalue weighted by atomic mass is 32.2. The first-order valence-corrected chi connectivity index (χ1v) is 12.7. The van der Waals surface area contributed by atoms with Crippen LogP contribution in [0.4, 0.5) is 5.82 Å². The van der Waals surface area contributed by atoms with Gasteiger partial charge in [0, 0.05) is 26.2 Å². The fraction of sp³-hybridized carbons (Fsp3) is 0.280. The summed E-state index contributed by atoms with van der Waals surface area (Å²) in [6.45, 7) is 6.12. The van der Waals surface area contributed by atoms with Gasteiger partial charge in [-0.2, -0.15) is 9.57 Å². The highest BCUT2D eigenvalue weighted by Gasteiger charge is 2.30. The third-order valence-electron chi connectivity index (χ3n) is 6.20. The average molecular weight is 476 g/mol. The minimum atomic E-state index is -3.60. The molecule has 34 heavy (non-hydrogen) atoms. The van der Waals surface area contributed by atoms with E-state index in [2.05, 4.69) is 11.0 Å². The van der Waals surface area contributed by atoms with Crippen molar-refractivity contribution in [2.75, 3.05) is 37.7 Å². The van der Waals surface area contributed by atoms with Crippen molar-refractivity contribution in [3.8, 4) is 11.8 Å². The Bertz CT molecular complexity index is 1510. The van der Waals surface area contributed by atoms with Gasteiger partial charge in [-0.3, -0.25) is 4.40 Å². The first-order valence-electron chi connectivity index (χ1n) is 11.2. The molecule has 0 aliphatic carbocycles. The number of nitriles is 1. The lowest BCUT2D eigenvalue weighted by molar-refractivity contribution is 0.340. The van der Waals surface area contributed by atoms with Gasteiger partial charge in [-0.15, -0.1) is 0 Å². The van der Waals surface area contributed by atoms with E-state index in [1.807, 2.05) is 48.6 Å². The van der Waals surface area contributed by atoms with Gasteiger partial charge in [0.1, 0.15) is 17.6 Å². The van der Waals surface area contributed by atoms with Crippen LogP contribution < -0.4 is 9.64 Å². The highest BCUT2D eigenvalue weighted by Crippen LogP contribution is 2.30. The number of pyridine rings is 1. The fourth-order valence-corrected chi connectivity index (χ4v) is 5.91. The van der Waals surface area contributed by atoms with Crippen LogP contribution in [-0.2, 0) is 10.0 Å². The largest absolute Gasteiger partial charge is 0.494 e. The smallest absolute Gasteiger partial charge is 0.243 e. The number of sulfonamides is 1. The molecule has 0 spiro atoms. The van der Waals surface area contributed by atoms with Gasteiger partial charge in [0.25, 0.3) is 0 Å². The van der Waals surface area contributed by atoms with Gasteiger partial charge in [-0.1, -0.05) is 12.1 Å². The molecule has 0 atom stereocenters. The zero-order chi connectivity index (χ0) is 23.9. The summed E-state index contributed by atoms with van der Waals surface area (Å²) in [7, 11) is -3.60. The van der Waals surface area contributed by atoms with Crippen molar-refractivity contribution in [3.63, 3.8) is 0 Å². The maximum atomic E-state index is 13.2. The van der Waals surface area contributed by atoms with E-state index in [0.29, 0.717) is 49.7 Å². The van der Waals surface area contributed by atoms with Crippen LogP contribution in [0.15, 0.2) is 59.5 Å². The quantitative estimate of drug-likeness (QED) is 0.438. The molecule has 1 saturated heterocycles. The Kier molecular flexibility index (Phi) is 5.63. The molecule has 3 heterocycles. The number of ether oxygens (including phenoxy) is 1. The minimum Gasteiger partial charge on any atom is -0.494 e. The number of hydrogen-bond donors (Lipinski definition) is 0. The zero-order valence-electron chi connectivity index (χ0n) is 19.1. The molecule has 174 valence electrons. The molecule has 0 bridgehead atoms. The molecule has 2 aromatic carbocycles. The van der Waals surface area contributed by atoms with E-state index in [-0.39, 0.29) is 4.90 Å². The first-order chi connectivity index (χ1) is 16.4. The van der Waals surface area contributed by atoms with Gasteiger partial charge in [0.05, 0.1) is 28.1 Å². The normalized spacial score (nSPS) is 15.0. The molecule has 0 N–H and O–H groups in total. The summed E-state index contributed by atoms with van der Waals surface area (Å²) in [6.07, 6.45) is 0. The average Bonchev–Trinajstić information content (AvgIpc) is 3.23. The summed E-state index contributed by atoms with van der Waals surface area (Å²) in [4.78, 5) is 7.15. The molecule has 9 heteroatoms. The van der Waals surface area contributed by atoms with E-state index in [1.54, 1.807) is 24.3 Å². The third kappa shape index (κ3) is 3.65. The van der Waals surface area contributed by atoms with E-state index in [1.165, 1.54) is 4.31 Å². The maximum absolute atomic E-state index is 13.2. The van der Waals surface area contributed by atoms with Gasteiger partial charge >= 0.3 is 0 Å². The molecular weight excluding hydrogens is 450 g/mol. The molecule has 2 aromatic heterocycles. The van der Waals surface area contributed by atoms with Gasteiger partial charge in [-0.05, 0) is 61.9 Å². The number of aryl methyl sites for hydroxylation is 1. The van der Waals surface area contributed by atoms with Crippen molar-refractivity contribution in [3.05, 3.63) is 65.7 Å². The number of anilines is 1. The minimum absolute atomic E-state index is 0.265. The van der Waals surface area contributed by atoms with E-state index >= 15 is 0 Å². The van der Waals surface area contributed by atoms with Gasteiger partial charge < -0.3 is 9.64 Å². The molecule has 1 fully saturated rings. The van der Waals surface area contributed by atoms with E-state index in [9.17, 15) is 13.7 Å². The van der Waals surface area contributed by atoms with Crippen molar-refractivity contribution in [2.24, 2.45) is 0 Å². The third-order valence-corrected chi connectivity index (χ3v) is 8.11. The summed E-state index contributed by atoms with van der Waals surface area (Å²) in [5, 5.41) is 9.72. The molecule has 1 aliphatic rings. The lowest BCUT2D eigenvalue weighted by Gasteiger charge is -2.35. The van der Waals surface area contributed by atoms with Crippen LogP contribution in [-0.4, -0.2) is 54.9 Å². The second-order valence-corrected chi connectivity index (χ2v) is 10.2. The van der Waals surface area contributed by atoms with Crippen LogP contribution in [0, 0.1) is 18.3 Å². The molecule has 0 radical (unpaired) electrons. The number of imidazole rings is 1. The predicted octanol–water partition coefficient (Wildman–Crippen LogP) is 3.58. The molecular formula is C25H25N5O3S. The molecule has 5 rings (SSSR count). The van der Waals surface area contributed by atoms with Crippen LogP contribution in [0.5, 0.6) is 5.75 Å². The van der Waals surface area contributed by atoms with Gasteiger partial charge in [0.15, 0.2) is 5.65 Å². The fourth-order valence-electron chi connectivity index (χ4n) is 4.48. The van der Waals surface area contributed by atoms with Crippen molar-refractivity contribution < 1.29 is 13.2 Å². The lowest BCUT2D eigenvalue weighted by atomic mass is 10.1. The molecule has 0 saturated carbocycles. The summed E-state index contributed by atoms with van der Waals surface area (Å²) >= 11 is 0. The van der Waals surface area contributed by atoms with E-state index < -0.39 is 10.0 Å². The Morgan fingerprint density at radius 1 is 1.06 bits per heavy atom. The number of piperazine rings is 1. The first kappa shape index (κ1) is 22.2. The number of fused-ring (bicyclic) bond motifs is 3. The monoisotopic (exact) mass is 475 g/mol. The van der Waals surface area contributed by atoms with Gasteiger partial charge in [-0.25, -0.2) is 13.4 Å². The summed E-state index contributed by atoms with van der Waals surface area (Å²) in [5.74, 6) is 1.57. The number of para-hydroxylation sites is 2. The van der Waals surface area contributed by atoms with E-state index in [4.69, 9.17) is 9.72 Å². The maximum Gasteiger partial charge on any atom is 0.243 e. The Labute approximate surface area is 198 Å². The van der Waals surface area contributed by atoms with Crippen molar-refractivity contribution in [1.29, 1.82) is 5.26 Å². The Morgan fingerprint density at radius 3 is 2.44 bits per heavy atom. The molecule has 0 amide bonds. The van der Waals surface area contributed by atoms with E-state index in [0.717, 1.165) is 22.4 Å². The number of rotatable bonds is 5. The zero-order valence-corrected chi connectivity index (χ0v) is 19.9. The van der Waals surface area contributed by atoms with Crippen LogP contribution in [0.1, 0.15) is 18.1 Å². The Morgan fingerprint density at radius 2 is 1.76 bits per heavy atom. The molecule has 4 aromatic rings. The Hall–Kier alpha value is -3.61. The molecule has 1 aliphatic heterocycles. The number of hydrogen-bond acceptors (Lipinski definition) is 6. The van der Waals surface area contributed by atoms with Crippen LogP contribution in [0.3, 0.4) is 0 Å². The van der Waals surface area contributed by atoms with Crippen molar-refractivity contribution >= 4 is 32.5 Å². The standard InChI is InChI=1S/C25H25N5O3S/c1-3-33-19-8-10-20(11-9-19)34(31,32)29-14-12-28(13-15-29)24-16-18(2)21(17-26)25-27-22-6-4-5-7-23(22)30(24)25/h4-11,16H,3,12-15H2,1-2H3. The topological polar surface area (TPSA) is 90.9 Å². The summed E-state index contributed by atoms with van der Waals surface area (Å²) in [6, 6.07) is 18.7. The number of nitrogens with zero attached hydrogens (tertiary/aromatic N) is 5.